The standard InChI is InChI=1S/C24H20BrClN2O3/c1-29-22-9-5-15(11-23(22)30-2)24-28-20(18-12-16(25)6-10-21(18)31-24)13-19(27-28)14-3-7-17(26)8-4-14/h3-12,20,24H,13H2,1-2H3/t20-,24-/m0/s1. The fourth-order valence-electron chi connectivity index (χ4n) is 4.10. The minimum absolute atomic E-state index is 0.0602. The van der Waals surface area contributed by atoms with Gasteiger partial charge in [0.25, 0.3) is 0 Å². The Morgan fingerprint density at radius 1 is 1.00 bits per heavy atom. The second-order valence-corrected chi connectivity index (χ2v) is 8.77. The predicted molar refractivity (Wildman–Crippen MR) is 124 cm³/mol. The molecule has 2 heterocycles. The third-order valence-electron chi connectivity index (χ3n) is 5.62. The first-order valence-electron chi connectivity index (χ1n) is 9.87. The van der Waals surface area contributed by atoms with Crippen LogP contribution in [0.4, 0.5) is 0 Å². The van der Waals surface area contributed by atoms with Crippen molar-refractivity contribution in [2.24, 2.45) is 5.10 Å². The maximum atomic E-state index is 6.44. The van der Waals surface area contributed by atoms with Crippen LogP contribution in [0.5, 0.6) is 17.2 Å². The Balaban J connectivity index is 1.60. The normalized spacial score (nSPS) is 19.2. The van der Waals surface area contributed by atoms with Crippen molar-refractivity contribution < 1.29 is 14.2 Å². The quantitative estimate of drug-likeness (QED) is 0.419. The molecule has 0 aliphatic carbocycles. The second kappa shape index (κ2) is 8.09. The van der Waals surface area contributed by atoms with Crippen molar-refractivity contribution >= 4 is 33.2 Å². The van der Waals surface area contributed by atoms with E-state index in [1.807, 2.05) is 59.6 Å². The highest BCUT2D eigenvalue weighted by atomic mass is 79.9. The molecule has 2 aliphatic heterocycles. The maximum Gasteiger partial charge on any atom is 0.214 e. The van der Waals surface area contributed by atoms with E-state index >= 15 is 0 Å². The summed E-state index contributed by atoms with van der Waals surface area (Å²) in [6.45, 7) is 0. The highest BCUT2D eigenvalue weighted by Crippen LogP contribution is 2.49. The minimum Gasteiger partial charge on any atom is -0.493 e. The third-order valence-corrected chi connectivity index (χ3v) is 6.37. The van der Waals surface area contributed by atoms with Crippen molar-refractivity contribution in [2.45, 2.75) is 18.7 Å². The van der Waals surface area contributed by atoms with Crippen LogP contribution in [0, 0.1) is 0 Å². The molecule has 158 valence electrons. The van der Waals surface area contributed by atoms with Crippen molar-refractivity contribution in [1.29, 1.82) is 0 Å². The van der Waals surface area contributed by atoms with Crippen molar-refractivity contribution in [1.82, 2.24) is 5.01 Å². The Kier molecular flexibility index (Phi) is 5.28. The fraction of sp³-hybridized carbons (Fsp3) is 0.208. The predicted octanol–water partition coefficient (Wildman–Crippen LogP) is 6.36. The molecule has 3 aromatic carbocycles. The van der Waals surface area contributed by atoms with Gasteiger partial charge in [-0.15, -0.1) is 0 Å². The zero-order valence-corrected chi connectivity index (χ0v) is 19.4. The first-order valence-corrected chi connectivity index (χ1v) is 11.0. The lowest BCUT2D eigenvalue weighted by Gasteiger charge is -2.38. The van der Waals surface area contributed by atoms with E-state index in [-0.39, 0.29) is 12.3 Å². The second-order valence-electron chi connectivity index (χ2n) is 7.42. The summed E-state index contributed by atoms with van der Waals surface area (Å²) in [5.41, 5.74) is 4.11. The molecule has 2 atom stereocenters. The van der Waals surface area contributed by atoms with Gasteiger partial charge in [0.05, 0.1) is 26.0 Å². The van der Waals surface area contributed by atoms with Gasteiger partial charge in [-0.05, 0) is 54.1 Å². The Morgan fingerprint density at radius 3 is 2.52 bits per heavy atom. The summed E-state index contributed by atoms with van der Waals surface area (Å²) in [7, 11) is 3.26. The molecule has 31 heavy (non-hydrogen) atoms. The lowest BCUT2D eigenvalue weighted by molar-refractivity contribution is -0.0192. The molecular formula is C24H20BrClN2O3. The number of rotatable bonds is 4. The van der Waals surface area contributed by atoms with Crippen LogP contribution in [0.15, 0.2) is 70.2 Å². The molecule has 3 aromatic rings. The molecule has 0 amide bonds. The number of hydrogen-bond acceptors (Lipinski definition) is 5. The van der Waals surface area contributed by atoms with E-state index in [4.69, 9.17) is 30.9 Å². The van der Waals surface area contributed by atoms with Crippen LogP contribution < -0.4 is 14.2 Å². The van der Waals surface area contributed by atoms with Gasteiger partial charge in [-0.1, -0.05) is 39.7 Å². The van der Waals surface area contributed by atoms with Crippen LogP contribution >= 0.6 is 27.5 Å². The van der Waals surface area contributed by atoms with Gasteiger partial charge in [0, 0.05) is 27.0 Å². The van der Waals surface area contributed by atoms with Crippen molar-refractivity contribution in [3.05, 3.63) is 86.8 Å². The molecule has 0 saturated carbocycles. The average Bonchev–Trinajstić information content (AvgIpc) is 3.24. The molecular weight excluding hydrogens is 480 g/mol. The van der Waals surface area contributed by atoms with Crippen LogP contribution in [0.2, 0.25) is 5.02 Å². The minimum atomic E-state index is -0.386. The zero-order chi connectivity index (χ0) is 21.5. The molecule has 0 fully saturated rings. The average molecular weight is 500 g/mol. The molecule has 0 spiro atoms. The summed E-state index contributed by atoms with van der Waals surface area (Å²) in [5, 5.41) is 7.74. The maximum absolute atomic E-state index is 6.44. The monoisotopic (exact) mass is 498 g/mol. The highest BCUT2D eigenvalue weighted by Gasteiger charge is 2.41. The Bertz CT molecular complexity index is 1170. The number of hydrazone groups is 1. The summed E-state index contributed by atoms with van der Waals surface area (Å²) in [4.78, 5) is 0. The van der Waals surface area contributed by atoms with Gasteiger partial charge < -0.3 is 14.2 Å². The van der Waals surface area contributed by atoms with Gasteiger partial charge in [0.2, 0.25) is 6.23 Å². The number of nitrogens with zero attached hydrogens (tertiary/aromatic N) is 2. The third kappa shape index (κ3) is 3.64. The topological polar surface area (TPSA) is 43.3 Å². The summed E-state index contributed by atoms with van der Waals surface area (Å²) in [5.74, 6) is 2.19. The smallest absolute Gasteiger partial charge is 0.214 e. The van der Waals surface area contributed by atoms with Crippen LogP contribution in [-0.4, -0.2) is 24.9 Å². The number of methoxy groups -OCH3 is 2. The molecule has 0 aromatic heterocycles. The van der Waals surface area contributed by atoms with Crippen LogP contribution in [0.3, 0.4) is 0 Å². The number of fused-ring (bicyclic) bond motifs is 3. The number of halogens is 2. The van der Waals surface area contributed by atoms with Gasteiger partial charge in [-0.2, -0.15) is 5.10 Å². The van der Waals surface area contributed by atoms with E-state index in [2.05, 4.69) is 22.0 Å². The first kappa shape index (κ1) is 20.2. The molecule has 7 heteroatoms. The van der Waals surface area contributed by atoms with E-state index in [0.717, 1.165) is 39.0 Å². The van der Waals surface area contributed by atoms with E-state index < -0.39 is 0 Å². The summed E-state index contributed by atoms with van der Waals surface area (Å²) in [6, 6.07) is 19.8. The Hall–Kier alpha value is -2.70. The molecule has 0 unspecified atom stereocenters. The van der Waals surface area contributed by atoms with Crippen LogP contribution in [0.25, 0.3) is 0 Å². The van der Waals surface area contributed by atoms with E-state index in [0.29, 0.717) is 16.5 Å². The lowest BCUT2D eigenvalue weighted by Crippen LogP contribution is -2.33. The zero-order valence-electron chi connectivity index (χ0n) is 17.0. The van der Waals surface area contributed by atoms with Gasteiger partial charge in [-0.3, -0.25) is 0 Å². The van der Waals surface area contributed by atoms with Crippen molar-refractivity contribution in [3.8, 4) is 17.2 Å². The first-order chi connectivity index (χ1) is 15.1. The number of benzene rings is 3. The molecule has 2 aliphatic rings. The molecule has 0 radical (unpaired) electrons. The summed E-state index contributed by atoms with van der Waals surface area (Å²) >= 11 is 9.68. The van der Waals surface area contributed by atoms with Gasteiger partial charge in [-0.25, -0.2) is 5.01 Å². The Morgan fingerprint density at radius 2 is 1.77 bits per heavy atom. The molecule has 0 N–H and O–H groups in total. The molecule has 0 bridgehead atoms. The molecule has 0 saturated heterocycles. The van der Waals surface area contributed by atoms with Crippen molar-refractivity contribution in [3.63, 3.8) is 0 Å². The summed E-state index contributed by atoms with van der Waals surface area (Å²) in [6.07, 6.45) is 0.390. The van der Waals surface area contributed by atoms with E-state index in [9.17, 15) is 0 Å². The number of hydrogen-bond donors (Lipinski definition) is 0. The molecule has 5 rings (SSSR count). The van der Waals surface area contributed by atoms with E-state index in [1.54, 1.807) is 14.2 Å². The van der Waals surface area contributed by atoms with Gasteiger partial charge in [0.1, 0.15) is 5.75 Å². The lowest BCUT2D eigenvalue weighted by atomic mass is 9.96. The van der Waals surface area contributed by atoms with Gasteiger partial charge in [0.15, 0.2) is 11.5 Å². The highest BCUT2D eigenvalue weighted by molar-refractivity contribution is 9.10. The molecule has 5 nitrogen and oxygen atoms in total. The van der Waals surface area contributed by atoms with Crippen LogP contribution in [0.1, 0.15) is 35.4 Å². The largest absolute Gasteiger partial charge is 0.493 e. The fourth-order valence-corrected chi connectivity index (χ4v) is 4.61. The van der Waals surface area contributed by atoms with Gasteiger partial charge >= 0.3 is 0 Å². The summed E-state index contributed by atoms with van der Waals surface area (Å²) < 4.78 is 18.4. The van der Waals surface area contributed by atoms with Crippen LogP contribution in [-0.2, 0) is 0 Å². The van der Waals surface area contributed by atoms with Crippen molar-refractivity contribution in [2.75, 3.05) is 14.2 Å². The Labute approximate surface area is 194 Å². The van der Waals surface area contributed by atoms with E-state index in [1.165, 1.54) is 0 Å². The SMILES string of the molecule is COc1ccc([C@@H]2Oc3ccc(Br)cc3[C@@H]3CC(c4ccc(Cl)cc4)=NN32)cc1OC. The number of ether oxygens (including phenoxy) is 3.